The highest BCUT2D eigenvalue weighted by Crippen LogP contribution is 2.28. The van der Waals surface area contributed by atoms with Crippen molar-refractivity contribution < 1.29 is 14.3 Å². The molecule has 0 spiro atoms. The molecule has 0 unspecified atom stereocenters. The molecule has 2 aromatic carbocycles. The Bertz CT molecular complexity index is 576. The van der Waals surface area contributed by atoms with E-state index < -0.39 is 0 Å². The molecule has 0 amide bonds. The van der Waals surface area contributed by atoms with E-state index in [9.17, 15) is 14.3 Å². The van der Waals surface area contributed by atoms with Crippen LogP contribution < -0.4 is 0 Å². The highest BCUT2D eigenvalue weighted by atomic mass is 19.1. The minimum atomic E-state index is -0.289. The summed E-state index contributed by atoms with van der Waals surface area (Å²) in [6, 6.07) is 9.42. The number of phenolic OH excluding ortho intramolecular Hbond substituents is 1. The third kappa shape index (κ3) is 2.04. The number of hydrogen-bond donors (Lipinski definition) is 1. The molecule has 0 bridgehead atoms. The van der Waals surface area contributed by atoms with Crippen LogP contribution in [0.2, 0.25) is 0 Å². The third-order valence-corrected chi connectivity index (χ3v) is 2.73. The van der Waals surface area contributed by atoms with E-state index in [0.29, 0.717) is 23.0 Å². The topological polar surface area (TPSA) is 37.3 Å². The molecule has 0 aromatic heterocycles. The molecule has 2 nitrogen and oxygen atoms in total. The van der Waals surface area contributed by atoms with Gasteiger partial charge in [0.1, 0.15) is 11.6 Å². The highest BCUT2D eigenvalue weighted by molar-refractivity contribution is 5.83. The molecule has 0 aliphatic heterocycles. The first kappa shape index (κ1) is 11.3. The summed E-state index contributed by atoms with van der Waals surface area (Å²) in [5.41, 5.74) is 2.15. The SMILES string of the molecule is Cc1c(F)cccc1-c1ccc(O)c(C=O)c1. The summed E-state index contributed by atoms with van der Waals surface area (Å²) >= 11 is 0. The maximum atomic E-state index is 13.4. The average molecular weight is 230 g/mol. The van der Waals surface area contributed by atoms with Crippen LogP contribution in [0.1, 0.15) is 15.9 Å². The largest absolute Gasteiger partial charge is 0.507 e. The van der Waals surface area contributed by atoms with Gasteiger partial charge < -0.3 is 5.11 Å². The molecule has 1 N–H and O–H groups in total. The van der Waals surface area contributed by atoms with Crippen LogP contribution in [-0.2, 0) is 0 Å². The van der Waals surface area contributed by atoms with Crippen LogP contribution in [0.15, 0.2) is 36.4 Å². The number of aldehydes is 1. The molecule has 86 valence electrons. The van der Waals surface area contributed by atoms with E-state index in [1.807, 2.05) is 0 Å². The van der Waals surface area contributed by atoms with Crippen molar-refractivity contribution in [2.24, 2.45) is 0 Å². The number of carbonyl (C=O) groups is 1. The Labute approximate surface area is 98.3 Å². The first-order chi connectivity index (χ1) is 8.13. The van der Waals surface area contributed by atoms with Crippen molar-refractivity contribution in [3.05, 3.63) is 53.3 Å². The monoisotopic (exact) mass is 230 g/mol. The summed E-state index contributed by atoms with van der Waals surface area (Å²) < 4.78 is 13.4. The van der Waals surface area contributed by atoms with Crippen molar-refractivity contribution >= 4 is 6.29 Å². The molecule has 2 aromatic rings. The fraction of sp³-hybridized carbons (Fsp3) is 0.0714. The fourth-order valence-electron chi connectivity index (χ4n) is 1.74. The van der Waals surface area contributed by atoms with Gasteiger partial charge in [0.15, 0.2) is 6.29 Å². The zero-order valence-corrected chi connectivity index (χ0v) is 9.27. The second kappa shape index (κ2) is 4.37. The van der Waals surface area contributed by atoms with Crippen LogP contribution in [0.25, 0.3) is 11.1 Å². The molecule has 2 rings (SSSR count). The van der Waals surface area contributed by atoms with Gasteiger partial charge in [0.25, 0.3) is 0 Å². The molecule has 0 saturated heterocycles. The second-order valence-corrected chi connectivity index (χ2v) is 3.80. The van der Waals surface area contributed by atoms with Crippen molar-refractivity contribution in [1.29, 1.82) is 0 Å². The summed E-state index contributed by atoms with van der Waals surface area (Å²) in [6.45, 7) is 1.68. The lowest BCUT2D eigenvalue weighted by Crippen LogP contribution is -1.89. The third-order valence-electron chi connectivity index (χ3n) is 2.73. The van der Waals surface area contributed by atoms with Crippen molar-refractivity contribution in [1.82, 2.24) is 0 Å². The maximum Gasteiger partial charge on any atom is 0.153 e. The predicted molar refractivity (Wildman–Crippen MR) is 63.6 cm³/mol. The Kier molecular flexibility index (Phi) is 2.91. The van der Waals surface area contributed by atoms with Crippen LogP contribution in [-0.4, -0.2) is 11.4 Å². The molecular weight excluding hydrogens is 219 g/mol. The zero-order chi connectivity index (χ0) is 12.4. The summed E-state index contributed by atoms with van der Waals surface area (Å²) in [7, 11) is 0. The maximum absolute atomic E-state index is 13.4. The van der Waals surface area contributed by atoms with Gasteiger partial charge >= 0.3 is 0 Å². The van der Waals surface area contributed by atoms with Crippen molar-refractivity contribution in [3.8, 4) is 16.9 Å². The predicted octanol–water partition coefficient (Wildman–Crippen LogP) is 3.32. The summed E-state index contributed by atoms with van der Waals surface area (Å²) in [5, 5.41) is 9.40. The van der Waals surface area contributed by atoms with Gasteiger partial charge in [0.2, 0.25) is 0 Å². The molecule has 17 heavy (non-hydrogen) atoms. The molecule has 0 atom stereocenters. The second-order valence-electron chi connectivity index (χ2n) is 3.80. The Balaban J connectivity index is 2.61. The molecule has 0 heterocycles. The summed E-state index contributed by atoms with van der Waals surface area (Å²) in [4.78, 5) is 10.7. The van der Waals surface area contributed by atoms with Crippen LogP contribution in [0, 0.1) is 12.7 Å². The lowest BCUT2D eigenvalue weighted by molar-refractivity contribution is 0.112. The summed E-state index contributed by atoms with van der Waals surface area (Å²) in [5.74, 6) is -0.360. The number of carbonyl (C=O) groups excluding carboxylic acids is 1. The molecule has 0 aliphatic carbocycles. The number of aromatic hydroxyl groups is 1. The van der Waals surface area contributed by atoms with Gasteiger partial charge in [-0.05, 0) is 41.8 Å². The number of rotatable bonds is 2. The molecule has 0 saturated carbocycles. The van der Waals surface area contributed by atoms with Gasteiger partial charge in [-0.1, -0.05) is 18.2 Å². The van der Waals surface area contributed by atoms with Gasteiger partial charge in [-0.15, -0.1) is 0 Å². The van der Waals surface area contributed by atoms with E-state index in [0.717, 1.165) is 0 Å². The lowest BCUT2D eigenvalue weighted by atomic mass is 9.98. The zero-order valence-electron chi connectivity index (χ0n) is 9.27. The van der Waals surface area contributed by atoms with Crippen LogP contribution in [0.4, 0.5) is 4.39 Å². The molecule has 0 aliphatic rings. The minimum absolute atomic E-state index is 0.0715. The first-order valence-electron chi connectivity index (χ1n) is 5.17. The number of hydrogen-bond acceptors (Lipinski definition) is 2. The molecule has 0 fully saturated rings. The highest BCUT2D eigenvalue weighted by Gasteiger charge is 2.08. The van der Waals surface area contributed by atoms with E-state index in [2.05, 4.69) is 0 Å². The van der Waals surface area contributed by atoms with Crippen molar-refractivity contribution in [2.75, 3.05) is 0 Å². The van der Waals surface area contributed by atoms with E-state index in [4.69, 9.17) is 0 Å². The Morgan fingerprint density at radius 1 is 1.24 bits per heavy atom. The van der Waals surface area contributed by atoms with Gasteiger partial charge in [-0.3, -0.25) is 4.79 Å². The van der Waals surface area contributed by atoms with Crippen LogP contribution in [0.3, 0.4) is 0 Å². The molecular formula is C14H11FO2. The molecule has 3 heteroatoms. The number of phenols is 1. The quantitative estimate of drug-likeness (QED) is 0.803. The summed E-state index contributed by atoms with van der Waals surface area (Å²) in [6.07, 6.45) is 0.577. The first-order valence-corrected chi connectivity index (χ1v) is 5.17. The normalized spacial score (nSPS) is 10.2. The number of halogens is 1. The van der Waals surface area contributed by atoms with E-state index in [1.54, 1.807) is 31.2 Å². The van der Waals surface area contributed by atoms with E-state index in [-0.39, 0.29) is 17.1 Å². The number of benzene rings is 2. The van der Waals surface area contributed by atoms with Crippen LogP contribution in [0.5, 0.6) is 5.75 Å². The van der Waals surface area contributed by atoms with Gasteiger partial charge in [0.05, 0.1) is 5.56 Å². The van der Waals surface area contributed by atoms with Crippen molar-refractivity contribution in [3.63, 3.8) is 0 Å². The average Bonchev–Trinajstić information content (AvgIpc) is 2.34. The smallest absolute Gasteiger partial charge is 0.153 e. The Morgan fingerprint density at radius 2 is 2.00 bits per heavy atom. The van der Waals surface area contributed by atoms with Crippen LogP contribution >= 0.6 is 0 Å². The minimum Gasteiger partial charge on any atom is -0.507 e. The standard InChI is InChI=1S/C14H11FO2/c1-9-12(3-2-4-13(9)15)10-5-6-14(17)11(7-10)8-16/h2-8,17H,1H3. The van der Waals surface area contributed by atoms with Gasteiger partial charge in [-0.2, -0.15) is 0 Å². The Morgan fingerprint density at radius 3 is 2.71 bits per heavy atom. The fourth-order valence-corrected chi connectivity index (χ4v) is 1.74. The lowest BCUT2D eigenvalue weighted by Gasteiger charge is -2.08. The van der Waals surface area contributed by atoms with E-state index in [1.165, 1.54) is 12.1 Å². The van der Waals surface area contributed by atoms with Crippen molar-refractivity contribution in [2.45, 2.75) is 6.92 Å². The van der Waals surface area contributed by atoms with E-state index >= 15 is 0 Å². The van der Waals surface area contributed by atoms with Gasteiger partial charge in [-0.25, -0.2) is 4.39 Å². The molecule has 0 radical (unpaired) electrons. The Hall–Kier alpha value is -2.16. The van der Waals surface area contributed by atoms with Gasteiger partial charge in [0, 0.05) is 0 Å².